The highest BCUT2D eigenvalue weighted by Crippen LogP contribution is 2.34. The van der Waals surface area contributed by atoms with Gasteiger partial charge in [-0.15, -0.1) is 11.3 Å². The molecule has 1 aliphatic rings. The molecule has 0 unspecified atom stereocenters. The lowest BCUT2D eigenvalue weighted by atomic mass is 10.0. The molecule has 0 spiro atoms. The summed E-state index contributed by atoms with van der Waals surface area (Å²) in [6.07, 6.45) is 5.95. The van der Waals surface area contributed by atoms with E-state index in [1.165, 1.54) is 29.7 Å². The number of hydrogen-bond donors (Lipinski definition) is 2. The standard InChI is InChI=1S/C17H23FN2S/c1-19-11-16-13(5-2-3-10-20-12-8-9-12)17-14(18)6-4-7-15(17)21-16/h4,6-7,12,19-20H,2-3,5,8-11H2,1H3. The minimum atomic E-state index is -0.0720. The molecule has 1 fully saturated rings. The minimum absolute atomic E-state index is 0.0720. The zero-order valence-electron chi connectivity index (χ0n) is 12.5. The Morgan fingerprint density at radius 3 is 2.90 bits per heavy atom. The monoisotopic (exact) mass is 306 g/mol. The van der Waals surface area contributed by atoms with Crippen molar-refractivity contribution < 1.29 is 4.39 Å². The van der Waals surface area contributed by atoms with Crippen molar-refractivity contribution in [2.45, 2.75) is 44.7 Å². The summed E-state index contributed by atoms with van der Waals surface area (Å²) in [5.74, 6) is -0.0720. The fourth-order valence-corrected chi connectivity index (χ4v) is 4.08. The molecule has 0 atom stereocenters. The Hall–Kier alpha value is -0.970. The van der Waals surface area contributed by atoms with Crippen LogP contribution in [0.15, 0.2) is 18.2 Å². The topological polar surface area (TPSA) is 24.1 Å². The predicted molar refractivity (Wildman–Crippen MR) is 88.5 cm³/mol. The highest BCUT2D eigenvalue weighted by Gasteiger charge is 2.19. The summed E-state index contributed by atoms with van der Waals surface area (Å²) in [6, 6.07) is 6.20. The first kappa shape index (κ1) is 14.9. The molecule has 0 amide bonds. The molecule has 1 aromatic heterocycles. The fourth-order valence-electron chi connectivity index (χ4n) is 2.80. The van der Waals surface area contributed by atoms with Crippen molar-refractivity contribution in [2.75, 3.05) is 13.6 Å². The molecule has 2 nitrogen and oxygen atoms in total. The van der Waals surface area contributed by atoms with E-state index in [1.807, 2.05) is 13.1 Å². The first-order chi connectivity index (χ1) is 10.3. The zero-order chi connectivity index (χ0) is 14.7. The Bertz CT molecular complexity index is 604. The second kappa shape index (κ2) is 6.86. The van der Waals surface area contributed by atoms with Crippen LogP contribution in [-0.4, -0.2) is 19.6 Å². The van der Waals surface area contributed by atoms with Crippen molar-refractivity contribution in [2.24, 2.45) is 0 Å². The second-order valence-corrected chi connectivity index (χ2v) is 6.97. The Labute approximate surface area is 129 Å². The third-order valence-corrected chi connectivity index (χ3v) is 5.25. The average molecular weight is 306 g/mol. The normalized spacial score (nSPS) is 15.0. The Balaban J connectivity index is 1.69. The number of fused-ring (bicyclic) bond motifs is 1. The highest BCUT2D eigenvalue weighted by atomic mass is 32.1. The van der Waals surface area contributed by atoms with E-state index < -0.39 is 0 Å². The smallest absolute Gasteiger partial charge is 0.132 e. The van der Waals surface area contributed by atoms with Crippen molar-refractivity contribution in [1.82, 2.24) is 10.6 Å². The molecule has 0 radical (unpaired) electrons. The van der Waals surface area contributed by atoms with Crippen molar-refractivity contribution in [1.29, 1.82) is 0 Å². The molecule has 0 aliphatic heterocycles. The van der Waals surface area contributed by atoms with E-state index in [0.717, 1.165) is 42.1 Å². The molecule has 0 saturated heterocycles. The van der Waals surface area contributed by atoms with E-state index in [2.05, 4.69) is 10.6 Å². The van der Waals surface area contributed by atoms with Gasteiger partial charge in [-0.25, -0.2) is 4.39 Å². The molecule has 1 aromatic carbocycles. The van der Waals surface area contributed by atoms with Crippen LogP contribution in [0.1, 0.15) is 36.1 Å². The first-order valence-corrected chi connectivity index (χ1v) is 8.68. The van der Waals surface area contributed by atoms with Crippen LogP contribution in [0.2, 0.25) is 0 Å². The fraction of sp³-hybridized carbons (Fsp3) is 0.529. The Morgan fingerprint density at radius 2 is 2.14 bits per heavy atom. The van der Waals surface area contributed by atoms with Crippen LogP contribution < -0.4 is 10.6 Å². The number of hydrogen-bond acceptors (Lipinski definition) is 3. The molecule has 2 aromatic rings. The van der Waals surface area contributed by atoms with Crippen LogP contribution in [0, 0.1) is 5.82 Å². The van der Waals surface area contributed by atoms with Crippen LogP contribution in [0.5, 0.6) is 0 Å². The van der Waals surface area contributed by atoms with E-state index in [4.69, 9.17) is 0 Å². The van der Waals surface area contributed by atoms with Gasteiger partial charge in [0.05, 0.1) is 0 Å². The van der Waals surface area contributed by atoms with E-state index in [9.17, 15) is 4.39 Å². The summed E-state index contributed by atoms with van der Waals surface area (Å²) >= 11 is 1.72. The van der Waals surface area contributed by atoms with Gasteiger partial charge in [0, 0.05) is 27.5 Å². The lowest BCUT2D eigenvalue weighted by molar-refractivity contribution is 0.616. The summed E-state index contributed by atoms with van der Waals surface area (Å²) in [6.45, 7) is 1.92. The Morgan fingerprint density at radius 1 is 1.29 bits per heavy atom. The van der Waals surface area contributed by atoms with E-state index >= 15 is 0 Å². The summed E-state index contributed by atoms with van der Waals surface area (Å²) in [5.41, 5.74) is 1.22. The van der Waals surface area contributed by atoms with E-state index in [0.29, 0.717) is 0 Å². The van der Waals surface area contributed by atoms with Crippen LogP contribution >= 0.6 is 11.3 Å². The molecular weight excluding hydrogens is 283 g/mol. The molecular formula is C17H23FN2S. The van der Waals surface area contributed by atoms with Gasteiger partial charge in [-0.3, -0.25) is 0 Å². The molecule has 21 heavy (non-hydrogen) atoms. The second-order valence-electron chi connectivity index (χ2n) is 5.83. The van der Waals surface area contributed by atoms with Crippen LogP contribution in [0.25, 0.3) is 10.1 Å². The maximum atomic E-state index is 14.2. The van der Waals surface area contributed by atoms with Gasteiger partial charge in [0.2, 0.25) is 0 Å². The van der Waals surface area contributed by atoms with Crippen molar-refractivity contribution in [3.63, 3.8) is 0 Å². The minimum Gasteiger partial charge on any atom is -0.315 e. The van der Waals surface area contributed by atoms with Crippen molar-refractivity contribution in [3.05, 3.63) is 34.5 Å². The molecule has 1 aliphatic carbocycles. The molecule has 4 heteroatoms. The molecule has 0 bridgehead atoms. The third kappa shape index (κ3) is 3.62. The van der Waals surface area contributed by atoms with Gasteiger partial charge in [0.1, 0.15) is 5.82 Å². The van der Waals surface area contributed by atoms with E-state index in [1.54, 1.807) is 23.5 Å². The van der Waals surface area contributed by atoms with Crippen molar-refractivity contribution >= 4 is 21.4 Å². The predicted octanol–water partition coefficient (Wildman–Crippen LogP) is 3.83. The lowest BCUT2D eigenvalue weighted by Crippen LogP contribution is -2.17. The molecule has 114 valence electrons. The van der Waals surface area contributed by atoms with Crippen LogP contribution in [0.4, 0.5) is 4.39 Å². The maximum Gasteiger partial charge on any atom is 0.132 e. The number of unbranched alkanes of at least 4 members (excludes halogenated alkanes) is 1. The average Bonchev–Trinajstić information content (AvgIpc) is 3.22. The Kier molecular flexibility index (Phi) is 4.88. The molecule has 1 saturated carbocycles. The van der Waals surface area contributed by atoms with Crippen molar-refractivity contribution in [3.8, 4) is 0 Å². The number of aryl methyl sites for hydroxylation is 1. The first-order valence-electron chi connectivity index (χ1n) is 7.86. The summed E-state index contributed by atoms with van der Waals surface area (Å²) in [7, 11) is 1.95. The molecule has 3 rings (SSSR count). The molecule has 2 N–H and O–H groups in total. The van der Waals surface area contributed by atoms with Gasteiger partial charge in [0.25, 0.3) is 0 Å². The van der Waals surface area contributed by atoms with Gasteiger partial charge < -0.3 is 10.6 Å². The summed E-state index contributed by atoms with van der Waals surface area (Å²) in [4.78, 5) is 1.28. The highest BCUT2D eigenvalue weighted by molar-refractivity contribution is 7.19. The van der Waals surface area contributed by atoms with Gasteiger partial charge in [-0.2, -0.15) is 0 Å². The number of halogens is 1. The van der Waals surface area contributed by atoms with E-state index in [-0.39, 0.29) is 5.82 Å². The maximum absolute atomic E-state index is 14.2. The quantitative estimate of drug-likeness (QED) is 0.724. The van der Waals surface area contributed by atoms with Crippen LogP contribution in [0.3, 0.4) is 0 Å². The largest absolute Gasteiger partial charge is 0.315 e. The SMILES string of the molecule is CNCc1sc2cccc(F)c2c1CCCCNC1CC1. The summed E-state index contributed by atoms with van der Waals surface area (Å²) in [5, 5.41) is 7.60. The van der Waals surface area contributed by atoms with Gasteiger partial charge in [-0.05, 0) is 63.4 Å². The number of thiophene rings is 1. The number of rotatable bonds is 8. The van der Waals surface area contributed by atoms with Gasteiger partial charge in [0.15, 0.2) is 0 Å². The molecule has 1 heterocycles. The number of nitrogens with one attached hydrogen (secondary N) is 2. The van der Waals surface area contributed by atoms with Gasteiger partial charge in [-0.1, -0.05) is 6.07 Å². The third-order valence-electron chi connectivity index (χ3n) is 4.05. The van der Waals surface area contributed by atoms with Crippen LogP contribution in [-0.2, 0) is 13.0 Å². The number of benzene rings is 1. The zero-order valence-corrected chi connectivity index (χ0v) is 13.4. The summed E-state index contributed by atoms with van der Waals surface area (Å²) < 4.78 is 15.2. The lowest BCUT2D eigenvalue weighted by Gasteiger charge is -2.06. The van der Waals surface area contributed by atoms with Gasteiger partial charge >= 0.3 is 0 Å².